The topological polar surface area (TPSA) is 12.0 Å². The number of rotatable bonds is 11. The zero-order valence-corrected chi connectivity index (χ0v) is 14.3. The lowest BCUT2D eigenvalue weighted by molar-refractivity contribution is 0.440. The molecule has 1 aromatic carbocycles. The fraction of sp³-hybridized carbons (Fsp3) is 0.667. The van der Waals surface area contributed by atoms with Gasteiger partial charge in [0.15, 0.2) is 0 Å². The Hall–Kier alpha value is -0.470. The average Bonchev–Trinajstić information content (AvgIpc) is 2.43. The van der Waals surface area contributed by atoms with Crippen LogP contribution in [-0.2, 0) is 6.42 Å². The van der Waals surface area contributed by atoms with E-state index in [1.165, 1.54) is 54.9 Å². The minimum atomic E-state index is 0.779. The number of hydrogen-bond acceptors (Lipinski definition) is 2. The van der Waals surface area contributed by atoms with Gasteiger partial charge in [-0.3, -0.25) is 0 Å². The molecule has 1 N–H and O–H groups in total. The van der Waals surface area contributed by atoms with Gasteiger partial charge in [0, 0.05) is 0 Å². The van der Waals surface area contributed by atoms with Crippen LogP contribution in [0, 0.1) is 12.8 Å². The van der Waals surface area contributed by atoms with Crippen LogP contribution in [0.1, 0.15) is 44.2 Å². The molecule has 1 aromatic rings. The number of thioether (sulfide) groups is 1. The number of benzene rings is 1. The van der Waals surface area contributed by atoms with E-state index in [0.29, 0.717) is 0 Å². The average molecular weight is 294 g/mol. The molecule has 0 aliphatic rings. The Morgan fingerprint density at radius 2 is 2.10 bits per heavy atom. The first-order valence-corrected chi connectivity index (χ1v) is 9.25. The summed E-state index contributed by atoms with van der Waals surface area (Å²) >= 11 is 2.07. The quantitative estimate of drug-likeness (QED) is 0.594. The normalized spacial score (nSPS) is 12.6. The maximum atomic E-state index is 3.60. The van der Waals surface area contributed by atoms with Crippen molar-refractivity contribution in [2.24, 2.45) is 5.92 Å². The Bertz CT molecular complexity index is 351. The van der Waals surface area contributed by atoms with Crippen molar-refractivity contribution in [2.75, 3.05) is 24.6 Å². The maximum Gasteiger partial charge on any atom is -0.00173 e. The Balaban J connectivity index is 2.43. The third kappa shape index (κ3) is 7.96. The fourth-order valence-corrected chi connectivity index (χ4v) is 3.21. The first kappa shape index (κ1) is 17.6. The molecule has 0 radical (unpaired) electrons. The summed E-state index contributed by atoms with van der Waals surface area (Å²) in [5.74, 6) is 3.34. The van der Waals surface area contributed by atoms with Crippen molar-refractivity contribution in [2.45, 2.75) is 46.5 Å². The molecule has 1 atom stereocenters. The molecule has 1 rings (SSSR count). The largest absolute Gasteiger partial charge is 0.316 e. The zero-order valence-electron chi connectivity index (χ0n) is 13.5. The second kappa shape index (κ2) is 11.2. The van der Waals surface area contributed by atoms with Gasteiger partial charge in [-0.2, -0.15) is 11.8 Å². The highest BCUT2D eigenvalue weighted by Crippen LogP contribution is 2.16. The Kier molecular flexibility index (Phi) is 9.86. The molecule has 1 nitrogen and oxygen atoms in total. The van der Waals surface area contributed by atoms with Gasteiger partial charge in [0.05, 0.1) is 0 Å². The number of hydrogen-bond donors (Lipinski definition) is 1. The van der Waals surface area contributed by atoms with Crippen molar-refractivity contribution in [3.63, 3.8) is 0 Å². The van der Waals surface area contributed by atoms with Crippen LogP contribution in [0.4, 0.5) is 0 Å². The van der Waals surface area contributed by atoms with Crippen molar-refractivity contribution in [1.82, 2.24) is 5.32 Å². The molecule has 0 spiro atoms. The summed E-state index contributed by atoms with van der Waals surface area (Å²) in [6.45, 7) is 8.98. The molecule has 0 aromatic heterocycles. The first-order chi connectivity index (χ1) is 9.76. The lowest BCUT2D eigenvalue weighted by Crippen LogP contribution is -2.25. The minimum absolute atomic E-state index is 0.779. The highest BCUT2D eigenvalue weighted by molar-refractivity contribution is 7.99. The summed E-state index contributed by atoms with van der Waals surface area (Å²) in [6, 6.07) is 8.99. The summed E-state index contributed by atoms with van der Waals surface area (Å²) in [7, 11) is 0. The smallest absolute Gasteiger partial charge is 0.00173 e. The fourth-order valence-electron chi connectivity index (χ4n) is 2.55. The van der Waals surface area contributed by atoms with Gasteiger partial charge in [0.2, 0.25) is 0 Å². The van der Waals surface area contributed by atoms with Crippen LogP contribution in [-0.4, -0.2) is 24.6 Å². The molecular weight excluding hydrogens is 262 g/mol. The van der Waals surface area contributed by atoms with Crippen LogP contribution in [0.2, 0.25) is 0 Å². The van der Waals surface area contributed by atoms with Crippen LogP contribution in [0.15, 0.2) is 24.3 Å². The number of nitrogens with one attached hydrogen (secondary N) is 1. The van der Waals surface area contributed by atoms with Gasteiger partial charge in [-0.05, 0) is 68.7 Å². The molecule has 2 heteroatoms. The third-order valence-corrected chi connectivity index (χ3v) is 4.56. The molecular formula is C18H31NS. The molecule has 0 amide bonds. The molecule has 0 saturated carbocycles. The second-order valence-electron chi connectivity index (χ2n) is 5.60. The zero-order chi connectivity index (χ0) is 14.6. The van der Waals surface area contributed by atoms with E-state index < -0.39 is 0 Å². The van der Waals surface area contributed by atoms with Gasteiger partial charge < -0.3 is 5.32 Å². The van der Waals surface area contributed by atoms with Crippen molar-refractivity contribution < 1.29 is 0 Å². The van der Waals surface area contributed by atoms with E-state index in [2.05, 4.69) is 62.1 Å². The van der Waals surface area contributed by atoms with Gasteiger partial charge in [-0.1, -0.05) is 43.7 Å². The summed E-state index contributed by atoms with van der Waals surface area (Å²) in [6.07, 6.45) is 5.14. The van der Waals surface area contributed by atoms with Crippen LogP contribution in [0.5, 0.6) is 0 Å². The van der Waals surface area contributed by atoms with Crippen LogP contribution < -0.4 is 5.32 Å². The van der Waals surface area contributed by atoms with Gasteiger partial charge in [-0.25, -0.2) is 0 Å². The molecule has 1 unspecified atom stereocenters. The second-order valence-corrected chi connectivity index (χ2v) is 7.00. The lowest BCUT2D eigenvalue weighted by Gasteiger charge is -2.18. The summed E-state index contributed by atoms with van der Waals surface area (Å²) in [5, 5.41) is 3.60. The van der Waals surface area contributed by atoms with Crippen molar-refractivity contribution >= 4 is 11.8 Å². The van der Waals surface area contributed by atoms with E-state index in [1.807, 2.05) is 0 Å². The Labute approximate surface area is 129 Å². The first-order valence-electron chi connectivity index (χ1n) is 8.10. The maximum absolute atomic E-state index is 3.60. The predicted octanol–water partition coefficient (Wildman–Crippen LogP) is 4.69. The van der Waals surface area contributed by atoms with E-state index in [4.69, 9.17) is 0 Å². The van der Waals surface area contributed by atoms with Crippen molar-refractivity contribution in [3.05, 3.63) is 35.4 Å². The Morgan fingerprint density at radius 3 is 2.80 bits per heavy atom. The molecule has 0 heterocycles. The molecule has 0 saturated heterocycles. The lowest BCUT2D eigenvalue weighted by atomic mass is 9.94. The van der Waals surface area contributed by atoms with Crippen molar-refractivity contribution in [3.8, 4) is 0 Å². The molecule has 0 bridgehead atoms. The molecule has 0 fully saturated rings. The molecule has 20 heavy (non-hydrogen) atoms. The summed E-state index contributed by atoms with van der Waals surface area (Å²) < 4.78 is 0. The molecule has 114 valence electrons. The van der Waals surface area contributed by atoms with Gasteiger partial charge in [0.25, 0.3) is 0 Å². The summed E-state index contributed by atoms with van der Waals surface area (Å²) in [4.78, 5) is 0. The van der Waals surface area contributed by atoms with E-state index in [1.54, 1.807) is 0 Å². The number of aryl methyl sites for hydroxylation is 1. The van der Waals surface area contributed by atoms with E-state index in [0.717, 1.165) is 12.5 Å². The SMILES string of the molecule is CCCNCC(CCCSCC)Cc1cccc(C)c1. The monoisotopic (exact) mass is 293 g/mol. The minimum Gasteiger partial charge on any atom is -0.316 e. The predicted molar refractivity (Wildman–Crippen MR) is 93.8 cm³/mol. The highest BCUT2D eigenvalue weighted by atomic mass is 32.2. The van der Waals surface area contributed by atoms with Crippen LogP contribution >= 0.6 is 11.8 Å². The summed E-state index contributed by atoms with van der Waals surface area (Å²) in [5.41, 5.74) is 2.88. The van der Waals surface area contributed by atoms with Gasteiger partial charge in [-0.15, -0.1) is 0 Å². The Morgan fingerprint density at radius 1 is 1.25 bits per heavy atom. The third-order valence-electron chi connectivity index (χ3n) is 3.57. The highest BCUT2D eigenvalue weighted by Gasteiger charge is 2.09. The van der Waals surface area contributed by atoms with Gasteiger partial charge in [0.1, 0.15) is 0 Å². The molecule has 0 aliphatic carbocycles. The van der Waals surface area contributed by atoms with Crippen LogP contribution in [0.3, 0.4) is 0 Å². The van der Waals surface area contributed by atoms with E-state index in [9.17, 15) is 0 Å². The van der Waals surface area contributed by atoms with Crippen LogP contribution in [0.25, 0.3) is 0 Å². The van der Waals surface area contributed by atoms with Gasteiger partial charge >= 0.3 is 0 Å². The van der Waals surface area contributed by atoms with E-state index in [-0.39, 0.29) is 0 Å². The van der Waals surface area contributed by atoms with Crippen molar-refractivity contribution in [1.29, 1.82) is 0 Å². The standard InChI is InChI=1S/C18H31NS/c1-4-11-19-15-18(10-7-12-20-5-2)14-17-9-6-8-16(3)13-17/h6,8-9,13,18-19H,4-5,7,10-12,14-15H2,1-3H3. The van der Waals surface area contributed by atoms with E-state index >= 15 is 0 Å². The molecule has 0 aliphatic heterocycles.